The maximum absolute atomic E-state index is 6.01. The van der Waals surface area contributed by atoms with Gasteiger partial charge >= 0.3 is 0 Å². The first-order chi connectivity index (χ1) is 6.29. The molecule has 0 amide bonds. The van der Waals surface area contributed by atoms with Crippen LogP contribution in [0.15, 0.2) is 0 Å². The largest absolute Gasteiger partial charge is 0.377 e. The van der Waals surface area contributed by atoms with Gasteiger partial charge in [0.2, 0.25) is 0 Å². The third-order valence-electron chi connectivity index (χ3n) is 2.49. The maximum atomic E-state index is 6.01. The molecule has 2 unspecified atom stereocenters. The summed E-state index contributed by atoms with van der Waals surface area (Å²) in [6, 6.07) is 0.128. The van der Waals surface area contributed by atoms with Crippen molar-refractivity contribution in [3.63, 3.8) is 0 Å². The van der Waals surface area contributed by atoms with Crippen LogP contribution in [0.4, 0.5) is 0 Å². The Balaban J connectivity index is 2.30. The van der Waals surface area contributed by atoms with Crippen molar-refractivity contribution in [1.82, 2.24) is 0 Å². The molecule has 0 aliphatic heterocycles. The highest BCUT2D eigenvalue weighted by atomic mass is 16.5. The molecular formula is C11H19NO. The highest BCUT2D eigenvalue weighted by Gasteiger charge is 2.35. The molecule has 2 atom stereocenters. The summed E-state index contributed by atoms with van der Waals surface area (Å²) in [4.78, 5) is 0. The van der Waals surface area contributed by atoms with Gasteiger partial charge < -0.3 is 10.5 Å². The van der Waals surface area contributed by atoms with Gasteiger partial charge in [-0.25, -0.2) is 0 Å². The summed E-state index contributed by atoms with van der Waals surface area (Å²) < 4.78 is 5.63. The lowest BCUT2D eigenvalue weighted by Crippen LogP contribution is -2.38. The SMILES string of the molecule is C#CCCC(N)C(OCC)C1CC1. The Kier molecular flexibility index (Phi) is 4.27. The summed E-state index contributed by atoms with van der Waals surface area (Å²) in [5.74, 6) is 3.32. The number of nitrogens with two attached hydrogens (primary N) is 1. The van der Waals surface area contributed by atoms with Gasteiger partial charge in [-0.1, -0.05) is 0 Å². The highest BCUT2D eigenvalue weighted by molar-refractivity contribution is 4.92. The van der Waals surface area contributed by atoms with Crippen molar-refractivity contribution >= 4 is 0 Å². The fraction of sp³-hybridized carbons (Fsp3) is 0.818. The number of rotatable bonds is 6. The second kappa shape index (κ2) is 5.26. The molecule has 0 aromatic carbocycles. The van der Waals surface area contributed by atoms with E-state index in [4.69, 9.17) is 16.9 Å². The van der Waals surface area contributed by atoms with Gasteiger partial charge in [0.05, 0.1) is 6.10 Å². The Hall–Kier alpha value is -0.520. The topological polar surface area (TPSA) is 35.2 Å². The minimum Gasteiger partial charge on any atom is -0.377 e. The van der Waals surface area contributed by atoms with Crippen molar-refractivity contribution in [3.8, 4) is 12.3 Å². The average Bonchev–Trinajstić information content (AvgIpc) is 2.93. The molecule has 0 aromatic rings. The zero-order valence-corrected chi connectivity index (χ0v) is 8.33. The molecule has 0 radical (unpaired) electrons. The Morgan fingerprint density at radius 3 is 2.77 bits per heavy atom. The van der Waals surface area contributed by atoms with Crippen LogP contribution in [0.2, 0.25) is 0 Å². The summed E-state index contributed by atoms with van der Waals surface area (Å²) >= 11 is 0. The maximum Gasteiger partial charge on any atom is 0.0754 e. The van der Waals surface area contributed by atoms with Gasteiger partial charge in [-0.3, -0.25) is 0 Å². The van der Waals surface area contributed by atoms with E-state index in [1.807, 2.05) is 6.92 Å². The molecule has 0 bridgehead atoms. The number of ether oxygens (including phenoxy) is 1. The third kappa shape index (κ3) is 3.38. The highest BCUT2D eigenvalue weighted by Crippen LogP contribution is 2.36. The van der Waals surface area contributed by atoms with Crippen molar-refractivity contribution in [1.29, 1.82) is 0 Å². The first kappa shape index (κ1) is 10.6. The number of hydrogen-bond acceptors (Lipinski definition) is 2. The van der Waals surface area contributed by atoms with Crippen LogP contribution < -0.4 is 5.73 Å². The second-order valence-corrected chi connectivity index (χ2v) is 3.66. The third-order valence-corrected chi connectivity index (χ3v) is 2.49. The van der Waals surface area contributed by atoms with Crippen molar-refractivity contribution in [2.24, 2.45) is 11.7 Å². The zero-order valence-electron chi connectivity index (χ0n) is 8.33. The standard InChI is InChI=1S/C11H19NO/c1-3-5-6-10(12)11(13-4-2)9-7-8-9/h1,9-11H,4-8,12H2,2H3. The van der Waals surface area contributed by atoms with Crippen LogP contribution >= 0.6 is 0 Å². The lowest BCUT2D eigenvalue weighted by atomic mass is 10.0. The van der Waals surface area contributed by atoms with Crippen LogP contribution in [0.1, 0.15) is 32.6 Å². The summed E-state index contributed by atoms with van der Waals surface area (Å²) in [7, 11) is 0. The zero-order chi connectivity index (χ0) is 9.68. The summed E-state index contributed by atoms with van der Waals surface area (Å²) in [6.45, 7) is 2.77. The van der Waals surface area contributed by atoms with E-state index in [1.54, 1.807) is 0 Å². The van der Waals surface area contributed by atoms with E-state index >= 15 is 0 Å². The van der Waals surface area contributed by atoms with Gasteiger partial charge in [0.25, 0.3) is 0 Å². The Morgan fingerprint density at radius 1 is 1.62 bits per heavy atom. The molecular weight excluding hydrogens is 162 g/mol. The van der Waals surface area contributed by atoms with E-state index in [0.717, 1.165) is 19.4 Å². The molecule has 1 aliphatic carbocycles. The van der Waals surface area contributed by atoms with Crippen molar-refractivity contribution in [2.75, 3.05) is 6.61 Å². The van der Waals surface area contributed by atoms with E-state index in [1.165, 1.54) is 12.8 Å². The first-order valence-electron chi connectivity index (χ1n) is 5.10. The molecule has 2 heteroatoms. The molecule has 2 nitrogen and oxygen atoms in total. The average molecular weight is 181 g/mol. The van der Waals surface area contributed by atoms with Gasteiger partial charge in [-0.2, -0.15) is 0 Å². The molecule has 1 aliphatic rings. The lowest BCUT2D eigenvalue weighted by Gasteiger charge is -2.22. The van der Waals surface area contributed by atoms with Crippen LogP contribution in [-0.2, 0) is 4.74 Å². The van der Waals surface area contributed by atoms with Crippen molar-refractivity contribution < 1.29 is 4.74 Å². The van der Waals surface area contributed by atoms with Gasteiger partial charge in [0.1, 0.15) is 0 Å². The van der Waals surface area contributed by atoms with Crippen molar-refractivity contribution in [3.05, 3.63) is 0 Å². The van der Waals surface area contributed by atoms with Gasteiger partial charge in [0.15, 0.2) is 0 Å². The molecule has 0 saturated heterocycles. The molecule has 0 spiro atoms. The van der Waals surface area contributed by atoms with Crippen LogP contribution in [0.5, 0.6) is 0 Å². The van der Waals surface area contributed by atoms with Gasteiger partial charge in [-0.15, -0.1) is 12.3 Å². The predicted molar refractivity (Wildman–Crippen MR) is 54.2 cm³/mol. The van der Waals surface area contributed by atoms with E-state index < -0.39 is 0 Å². The van der Waals surface area contributed by atoms with E-state index in [0.29, 0.717) is 5.92 Å². The smallest absolute Gasteiger partial charge is 0.0754 e. The van der Waals surface area contributed by atoms with E-state index in [9.17, 15) is 0 Å². The lowest BCUT2D eigenvalue weighted by molar-refractivity contribution is 0.0271. The molecule has 1 rings (SSSR count). The normalized spacial score (nSPS) is 20.7. The van der Waals surface area contributed by atoms with Crippen LogP contribution in [0.25, 0.3) is 0 Å². The summed E-state index contributed by atoms with van der Waals surface area (Å²) in [6.07, 6.45) is 9.64. The molecule has 0 aromatic heterocycles. The van der Waals surface area contributed by atoms with Crippen LogP contribution in [-0.4, -0.2) is 18.8 Å². The molecule has 0 heterocycles. The Morgan fingerprint density at radius 2 is 2.31 bits per heavy atom. The molecule has 2 N–H and O–H groups in total. The fourth-order valence-electron chi connectivity index (χ4n) is 1.64. The fourth-order valence-corrected chi connectivity index (χ4v) is 1.64. The number of terminal acetylenes is 1. The predicted octanol–water partition coefficient (Wildman–Crippen LogP) is 1.54. The quantitative estimate of drug-likeness (QED) is 0.631. The summed E-state index contributed by atoms with van der Waals surface area (Å²) in [5, 5.41) is 0. The number of hydrogen-bond donors (Lipinski definition) is 1. The van der Waals surface area contributed by atoms with Gasteiger partial charge in [0, 0.05) is 19.1 Å². The van der Waals surface area contributed by atoms with Gasteiger partial charge in [-0.05, 0) is 32.1 Å². The second-order valence-electron chi connectivity index (χ2n) is 3.66. The summed E-state index contributed by atoms with van der Waals surface area (Å²) in [5.41, 5.74) is 6.01. The minimum atomic E-state index is 0.128. The Labute approximate surface area is 80.8 Å². The van der Waals surface area contributed by atoms with Crippen LogP contribution in [0.3, 0.4) is 0 Å². The van der Waals surface area contributed by atoms with E-state index in [2.05, 4.69) is 5.92 Å². The molecule has 74 valence electrons. The molecule has 1 fully saturated rings. The molecule has 1 saturated carbocycles. The molecule has 13 heavy (non-hydrogen) atoms. The monoisotopic (exact) mass is 181 g/mol. The van der Waals surface area contributed by atoms with E-state index in [-0.39, 0.29) is 12.1 Å². The Bertz CT molecular complexity index is 181. The minimum absolute atomic E-state index is 0.128. The first-order valence-corrected chi connectivity index (χ1v) is 5.10. The van der Waals surface area contributed by atoms with Crippen LogP contribution in [0, 0.1) is 18.3 Å². The van der Waals surface area contributed by atoms with Crippen molar-refractivity contribution in [2.45, 2.75) is 44.8 Å².